The highest BCUT2D eigenvalue weighted by atomic mass is 19.1. The van der Waals surface area contributed by atoms with Crippen molar-refractivity contribution in [3.8, 4) is 17.1 Å². The second kappa shape index (κ2) is 7.94. The monoisotopic (exact) mass is 369 g/mol. The van der Waals surface area contributed by atoms with Crippen molar-refractivity contribution in [2.45, 2.75) is 20.0 Å². The van der Waals surface area contributed by atoms with Gasteiger partial charge in [0.1, 0.15) is 6.54 Å². The summed E-state index contributed by atoms with van der Waals surface area (Å²) >= 11 is 0. The molecule has 0 fully saturated rings. The van der Waals surface area contributed by atoms with Crippen molar-refractivity contribution in [2.24, 2.45) is 0 Å². The van der Waals surface area contributed by atoms with E-state index in [1.54, 1.807) is 13.1 Å². The highest BCUT2D eigenvalue weighted by Crippen LogP contribution is 2.18. The zero-order chi connectivity index (χ0) is 19.4. The van der Waals surface area contributed by atoms with Gasteiger partial charge in [-0.25, -0.2) is 4.39 Å². The number of likely N-dealkylation sites (N-methyl/N-ethyl adjacent to an activating group) is 1. The Balaban J connectivity index is 1.63. The van der Waals surface area contributed by atoms with Gasteiger partial charge in [0.2, 0.25) is 11.7 Å². The van der Waals surface area contributed by atoms with Crippen LogP contribution in [-0.4, -0.2) is 45.2 Å². The molecule has 0 saturated carbocycles. The van der Waals surface area contributed by atoms with Crippen LogP contribution < -0.4 is 4.74 Å². The van der Waals surface area contributed by atoms with Crippen LogP contribution in [0.25, 0.3) is 11.4 Å². The maximum atomic E-state index is 13.8. The summed E-state index contributed by atoms with van der Waals surface area (Å²) in [5.74, 6) is -0.0403. The average Bonchev–Trinajstić information content (AvgIpc) is 3.11. The van der Waals surface area contributed by atoms with Crippen LogP contribution in [-0.2, 0) is 17.9 Å². The van der Waals surface area contributed by atoms with E-state index in [1.165, 1.54) is 28.9 Å². The van der Waals surface area contributed by atoms with Crippen LogP contribution in [0.2, 0.25) is 0 Å². The van der Waals surface area contributed by atoms with E-state index >= 15 is 0 Å². The maximum Gasteiger partial charge on any atom is 0.246 e. The lowest BCUT2D eigenvalue weighted by Crippen LogP contribution is -2.30. The van der Waals surface area contributed by atoms with Crippen LogP contribution in [0.4, 0.5) is 4.39 Å². The molecular weight excluding hydrogens is 349 g/mol. The number of benzene rings is 2. The predicted molar refractivity (Wildman–Crippen MR) is 97.4 cm³/mol. The van der Waals surface area contributed by atoms with Crippen LogP contribution in [0, 0.1) is 12.7 Å². The van der Waals surface area contributed by atoms with Gasteiger partial charge in [0.25, 0.3) is 0 Å². The zero-order valence-electron chi connectivity index (χ0n) is 15.4. The molecule has 2 aromatic carbocycles. The number of carbonyl (C=O) groups excluding carboxylic acids is 1. The van der Waals surface area contributed by atoms with Crippen molar-refractivity contribution in [3.05, 3.63) is 59.4 Å². The number of aryl methyl sites for hydroxylation is 1. The molecule has 0 atom stereocenters. The summed E-state index contributed by atoms with van der Waals surface area (Å²) in [6, 6.07) is 12.3. The van der Waals surface area contributed by atoms with Gasteiger partial charge in [0.15, 0.2) is 11.6 Å². The van der Waals surface area contributed by atoms with E-state index in [1.807, 2.05) is 31.2 Å². The number of amides is 1. The first kappa shape index (κ1) is 18.5. The molecule has 1 amide bonds. The molecule has 3 aromatic rings. The second-order valence-corrected chi connectivity index (χ2v) is 6.23. The van der Waals surface area contributed by atoms with E-state index < -0.39 is 5.82 Å². The first-order valence-corrected chi connectivity index (χ1v) is 8.37. The van der Waals surface area contributed by atoms with Gasteiger partial charge in [-0.15, -0.1) is 10.2 Å². The minimum Gasteiger partial charge on any atom is -0.494 e. The summed E-state index contributed by atoms with van der Waals surface area (Å²) in [6.07, 6.45) is 0. The number of hydrogen-bond acceptors (Lipinski definition) is 5. The van der Waals surface area contributed by atoms with Crippen LogP contribution >= 0.6 is 0 Å². The van der Waals surface area contributed by atoms with Crippen LogP contribution in [0.15, 0.2) is 42.5 Å². The molecule has 1 heterocycles. The molecule has 1 aromatic heterocycles. The average molecular weight is 369 g/mol. The van der Waals surface area contributed by atoms with E-state index in [-0.39, 0.29) is 24.7 Å². The fraction of sp³-hybridized carbons (Fsp3) is 0.263. The predicted octanol–water partition coefficient (Wildman–Crippen LogP) is 2.45. The maximum absolute atomic E-state index is 13.8. The third-order valence-corrected chi connectivity index (χ3v) is 4.10. The zero-order valence-corrected chi connectivity index (χ0v) is 15.4. The van der Waals surface area contributed by atoms with Crippen molar-refractivity contribution in [1.29, 1.82) is 0 Å². The Kier molecular flexibility index (Phi) is 5.44. The summed E-state index contributed by atoms with van der Waals surface area (Å²) < 4.78 is 18.7. The van der Waals surface area contributed by atoms with Crippen LogP contribution in [0.3, 0.4) is 0 Å². The van der Waals surface area contributed by atoms with E-state index in [2.05, 4.69) is 15.4 Å². The number of halogens is 1. The molecule has 0 saturated heterocycles. The number of hydrogen-bond donors (Lipinski definition) is 0. The van der Waals surface area contributed by atoms with E-state index in [0.29, 0.717) is 11.4 Å². The van der Waals surface area contributed by atoms with E-state index in [9.17, 15) is 9.18 Å². The molecule has 0 radical (unpaired) electrons. The van der Waals surface area contributed by atoms with Gasteiger partial charge in [0, 0.05) is 19.2 Å². The third-order valence-electron chi connectivity index (χ3n) is 4.10. The minimum absolute atomic E-state index is 0.0476. The number of rotatable bonds is 6. The number of ether oxygens (including phenoxy) is 1. The molecule has 140 valence electrons. The topological polar surface area (TPSA) is 73.1 Å². The SMILES string of the molecule is COc1ccc(CN(C)C(=O)Cn2nnc(-c3ccc(C)cc3)n2)cc1F. The Bertz CT molecular complexity index is 940. The molecule has 0 bridgehead atoms. The Morgan fingerprint density at radius 1 is 1.22 bits per heavy atom. The molecule has 7 nitrogen and oxygen atoms in total. The van der Waals surface area contributed by atoms with Gasteiger partial charge in [-0.2, -0.15) is 4.80 Å². The summed E-state index contributed by atoms with van der Waals surface area (Å²) in [5.41, 5.74) is 2.63. The smallest absolute Gasteiger partial charge is 0.246 e. The van der Waals surface area contributed by atoms with E-state index in [4.69, 9.17) is 4.74 Å². The fourth-order valence-corrected chi connectivity index (χ4v) is 2.54. The van der Waals surface area contributed by atoms with Crippen molar-refractivity contribution in [1.82, 2.24) is 25.1 Å². The summed E-state index contributed by atoms with van der Waals surface area (Å²) in [6.45, 7) is 2.21. The molecule has 0 aliphatic carbocycles. The van der Waals surface area contributed by atoms with Gasteiger partial charge in [-0.05, 0) is 29.8 Å². The Hall–Kier alpha value is -3.29. The standard InChI is InChI=1S/C19H20FN5O2/c1-13-4-7-15(8-5-13)19-21-23-25(22-19)12-18(26)24(2)11-14-6-9-17(27-3)16(20)10-14/h4-10H,11-12H2,1-3H3. The number of aromatic nitrogens is 4. The molecule has 27 heavy (non-hydrogen) atoms. The lowest BCUT2D eigenvalue weighted by atomic mass is 10.1. The molecule has 8 heteroatoms. The number of tetrazole rings is 1. The Morgan fingerprint density at radius 3 is 2.63 bits per heavy atom. The number of carbonyl (C=O) groups is 1. The molecule has 0 N–H and O–H groups in total. The Morgan fingerprint density at radius 2 is 1.96 bits per heavy atom. The first-order chi connectivity index (χ1) is 13.0. The van der Waals surface area contributed by atoms with Crippen molar-refractivity contribution >= 4 is 5.91 Å². The second-order valence-electron chi connectivity index (χ2n) is 6.23. The molecule has 0 aliphatic rings. The van der Waals surface area contributed by atoms with Crippen LogP contribution in [0.5, 0.6) is 5.75 Å². The van der Waals surface area contributed by atoms with E-state index in [0.717, 1.165) is 11.1 Å². The van der Waals surface area contributed by atoms with Gasteiger partial charge in [-0.3, -0.25) is 4.79 Å². The molecule has 0 spiro atoms. The summed E-state index contributed by atoms with van der Waals surface area (Å²) in [4.78, 5) is 15.1. The lowest BCUT2D eigenvalue weighted by molar-refractivity contribution is -0.131. The van der Waals surface area contributed by atoms with Crippen molar-refractivity contribution < 1.29 is 13.9 Å². The normalized spacial score (nSPS) is 10.7. The molecular formula is C19H20FN5O2. The molecule has 0 aliphatic heterocycles. The van der Waals surface area contributed by atoms with Gasteiger partial charge in [-0.1, -0.05) is 35.9 Å². The Labute approximate surface area is 156 Å². The minimum atomic E-state index is -0.462. The van der Waals surface area contributed by atoms with Gasteiger partial charge < -0.3 is 9.64 Å². The summed E-state index contributed by atoms with van der Waals surface area (Å²) in [5, 5.41) is 12.2. The summed E-state index contributed by atoms with van der Waals surface area (Å²) in [7, 11) is 3.05. The van der Waals surface area contributed by atoms with Crippen molar-refractivity contribution in [3.63, 3.8) is 0 Å². The fourth-order valence-electron chi connectivity index (χ4n) is 2.54. The van der Waals surface area contributed by atoms with Gasteiger partial charge in [0.05, 0.1) is 7.11 Å². The van der Waals surface area contributed by atoms with Crippen LogP contribution in [0.1, 0.15) is 11.1 Å². The molecule has 3 rings (SSSR count). The quantitative estimate of drug-likeness (QED) is 0.667. The largest absolute Gasteiger partial charge is 0.494 e. The molecule has 0 unspecified atom stereocenters. The number of nitrogens with zero attached hydrogens (tertiary/aromatic N) is 5. The van der Waals surface area contributed by atoms with Crippen molar-refractivity contribution in [2.75, 3.05) is 14.2 Å². The lowest BCUT2D eigenvalue weighted by Gasteiger charge is -2.17. The highest BCUT2D eigenvalue weighted by Gasteiger charge is 2.14. The third kappa shape index (κ3) is 4.46. The number of methoxy groups -OCH3 is 1. The highest BCUT2D eigenvalue weighted by molar-refractivity contribution is 5.75. The first-order valence-electron chi connectivity index (χ1n) is 8.37. The van der Waals surface area contributed by atoms with Gasteiger partial charge >= 0.3 is 0 Å².